The zero-order valence-electron chi connectivity index (χ0n) is 6.69. The average Bonchev–Trinajstić information content (AvgIpc) is 2.77. The molecule has 0 radical (unpaired) electrons. The van der Waals surface area contributed by atoms with Crippen molar-refractivity contribution in [1.29, 1.82) is 0 Å². The Morgan fingerprint density at radius 2 is 2.42 bits per heavy atom. The van der Waals surface area contributed by atoms with Crippen LogP contribution >= 0.6 is 0 Å². The van der Waals surface area contributed by atoms with E-state index in [1.54, 1.807) is 18.7 Å². The summed E-state index contributed by atoms with van der Waals surface area (Å²) in [7, 11) is 0. The number of nitrogens with zero attached hydrogens (tertiary/aromatic N) is 2. The van der Waals surface area contributed by atoms with Gasteiger partial charge in [0.1, 0.15) is 6.26 Å². The van der Waals surface area contributed by atoms with Gasteiger partial charge in [0.15, 0.2) is 0 Å². The molecule has 4 nitrogen and oxygen atoms in total. The molecule has 0 aromatic carbocycles. The lowest BCUT2D eigenvalue weighted by Crippen LogP contribution is -1.96. The summed E-state index contributed by atoms with van der Waals surface area (Å²) >= 11 is 0. The molecule has 0 saturated heterocycles. The second kappa shape index (κ2) is 2.81. The summed E-state index contributed by atoms with van der Waals surface area (Å²) in [6.07, 6.45) is 4.93. The van der Waals surface area contributed by atoms with Gasteiger partial charge in [0, 0.05) is 11.9 Å². The standard InChI is InChI=1S/C8H9N3O/c1-6(7-2-3-10-11-7)8-9-4-5-12-8/h2-6H,1H3,(H,10,11). The van der Waals surface area contributed by atoms with Crippen molar-refractivity contribution in [2.45, 2.75) is 12.8 Å². The maximum Gasteiger partial charge on any atom is 0.202 e. The largest absolute Gasteiger partial charge is 0.448 e. The summed E-state index contributed by atoms with van der Waals surface area (Å²) < 4.78 is 5.16. The van der Waals surface area contributed by atoms with E-state index in [-0.39, 0.29) is 5.92 Å². The Morgan fingerprint density at radius 3 is 3.00 bits per heavy atom. The second-order valence-electron chi connectivity index (χ2n) is 2.60. The predicted octanol–water partition coefficient (Wildman–Crippen LogP) is 1.55. The highest BCUT2D eigenvalue weighted by Gasteiger charge is 2.12. The first-order valence-electron chi connectivity index (χ1n) is 3.76. The molecule has 2 heterocycles. The van der Waals surface area contributed by atoms with E-state index in [4.69, 9.17) is 4.42 Å². The topological polar surface area (TPSA) is 54.7 Å². The monoisotopic (exact) mass is 163 g/mol. The van der Waals surface area contributed by atoms with Crippen LogP contribution in [0.15, 0.2) is 29.1 Å². The maximum atomic E-state index is 5.16. The number of nitrogens with one attached hydrogen (secondary N) is 1. The average molecular weight is 163 g/mol. The number of hydrogen-bond acceptors (Lipinski definition) is 3. The molecule has 1 unspecified atom stereocenters. The number of aromatic amines is 1. The normalized spacial score (nSPS) is 13.1. The van der Waals surface area contributed by atoms with Crippen LogP contribution in [0.2, 0.25) is 0 Å². The van der Waals surface area contributed by atoms with Crippen LogP contribution in [0.4, 0.5) is 0 Å². The summed E-state index contributed by atoms with van der Waals surface area (Å²) in [6, 6.07) is 1.91. The summed E-state index contributed by atoms with van der Waals surface area (Å²) in [5.74, 6) is 0.849. The van der Waals surface area contributed by atoms with Gasteiger partial charge in [-0.2, -0.15) is 5.10 Å². The molecule has 0 aliphatic carbocycles. The van der Waals surface area contributed by atoms with Gasteiger partial charge >= 0.3 is 0 Å². The van der Waals surface area contributed by atoms with E-state index in [1.807, 2.05) is 13.0 Å². The van der Waals surface area contributed by atoms with Crippen molar-refractivity contribution in [3.05, 3.63) is 36.3 Å². The fraction of sp³-hybridized carbons (Fsp3) is 0.250. The number of H-pyrrole nitrogens is 1. The second-order valence-corrected chi connectivity index (χ2v) is 2.60. The molecule has 12 heavy (non-hydrogen) atoms. The molecule has 2 aromatic rings. The molecule has 0 fully saturated rings. The Kier molecular flexibility index (Phi) is 1.66. The van der Waals surface area contributed by atoms with E-state index >= 15 is 0 Å². The smallest absolute Gasteiger partial charge is 0.202 e. The molecule has 0 saturated carbocycles. The maximum absolute atomic E-state index is 5.16. The minimum absolute atomic E-state index is 0.141. The van der Waals surface area contributed by atoms with Crippen molar-refractivity contribution in [2.75, 3.05) is 0 Å². The minimum atomic E-state index is 0.141. The van der Waals surface area contributed by atoms with Crippen LogP contribution in [0.3, 0.4) is 0 Å². The van der Waals surface area contributed by atoms with Crippen molar-refractivity contribution in [3.8, 4) is 0 Å². The highest BCUT2D eigenvalue weighted by molar-refractivity contribution is 5.12. The summed E-state index contributed by atoms with van der Waals surface area (Å²) in [5.41, 5.74) is 1.01. The van der Waals surface area contributed by atoms with Gasteiger partial charge in [-0.05, 0) is 13.0 Å². The first-order chi connectivity index (χ1) is 5.88. The van der Waals surface area contributed by atoms with Crippen LogP contribution < -0.4 is 0 Å². The lowest BCUT2D eigenvalue weighted by molar-refractivity contribution is 0.477. The Balaban J connectivity index is 2.27. The van der Waals surface area contributed by atoms with Crippen LogP contribution in [-0.2, 0) is 0 Å². The Bertz CT molecular complexity index is 291. The first kappa shape index (κ1) is 7.09. The zero-order valence-corrected chi connectivity index (χ0v) is 6.69. The van der Waals surface area contributed by atoms with E-state index in [1.165, 1.54) is 0 Å². The Hall–Kier alpha value is -1.58. The minimum Gasteiger partial charge on any atom is -0.448 e. The van der Waals surface area contributed by atoms with E-state index in [0.29, 0.717) is 5.89 Å². The molecular weight excluding hydrogens is 154 g/mol. The van der Waals surface area contributed by atoms with E-state index in [9.17, 15) is 0 Å². The van der Waals surface area contributed by atoms with Crippen molar-refractivity contribution < 1.29 is 4.42 Å². The van der Waals surface area contributed by atoms with E-state index in [2.05, 4.69) is 15.2 Å². The molecule has 0 amide bonds. The molecule has 0 bridgehead atoms. The molecule has 0 spiro atoms. The summed E-state index contributed by atoms with van der Waals surface area (Å²) in [6.45, 7) is 2.01. The first-order valence-corrected chi connectivity index (χ1v) is 3.76. The lowest BCUT2D eigenvalue weighted by atomic mass is 10.1. The van der Waals surface area contributed by atoms with Gasteiger partial charge in [-0.3, -0.25) is 5.10 Å². The summed E-state index contributed by atoms with van der Waals surface area (Å²) in [4.78, 5) is 4.06. The van der Waals surface area contributed by atoms with Crippen molar-refractivity contribution in [2.24, 2.45) is 0 Å². The fourth-order valence-electron chi connectivity index (χ4n) is 1.09. The van der Waals surface area contributed by atoms with Gasteiger partial charge in [-0.1, -0.05) is 0 Å². The molecule has 2 rings (SSSR count). The third kappa shape index (κ3) is 1.11. The number of rotatable bonds is 2. The van der Waals surface area contributed by atoms with Crippen LogP contribution in [0, 0.1) is 0 Å². The quantitative estimate of drug-likeness (QED) is 0.730. The van der Waals surface area contributed by atoms with Gasteiger partial charge in [0.25, 0.3) is 0 Å². The molecule has 1 N–H and O–H groups in total. The SMILES string of the molecule is CC(c1ccn[nH]1)c1ncco1. The highest BCUT2D eigenvalue weighted by Crippen LogP contribution is 2.19. The molecule has 1 atom stereocenters. The van der Waals surface area contributed by atoms with Gasteiger partial charge in [0.2, 0.25) is 5.89 Å². The van der Waals surface area contributed by atoms with Gasteiger partial charge in [0.05, 0.1) is 12.1 Å². The van der Waals surface area contributed by atoms with Crippen LogP contribution in [0.5, 0.6) is 0 Å². The summed E-state index contributed by atoms with van der Waals surface area (Å²) in [5, 5.41) is 6.73. The predicted molar refractivity (Wildman–Crippen MR) is 42.6 cm³/mol. The molecule has 4 heteroatoms. The van der Waals surface area contributed by atoms with E-state index < -0.39 is 0 Å². The number of oxazole rings is 1. The fourth-order valence-corrected chi connectivity index (χ4v) is 1.09. The highest BCUT2D eigenvalue weighted by atomic mass is 16.3. The van der Waals surface area contributed by atoms with E-state index in [0.717, 1.165) is 5.69 Å². The van der Waals surface area contributed by atoms with Crippen molar-refractivity contribution in [3.63, 3.8) is 0 Å². The molecule has 0 aliphatic heterocycles. The van der Waals surface area contributed by atoms with Gasteiger partial charge < -0.3 is 4.42 Å². The molecule has 0 aliphatic rings. The lowest BCUT2D eigenvalue weighted by Gasteiger charge is -2.02. The Labute approximate surface area is 69.6 Å². The number of aromatic nitrogens is 3. The van der Waals surface area contributed by atoms with Crippen LogP contribution in [0.25, 0.3) is 0 Å². The van der Waals surface area contributed by atoms with Crippen molar-refractivity contribution >= 4 is 0 Å². The van der Waals surface area contributed by atoms with Crippen molar-refractivity contribution in [1.82, 2.24) is 15.2 Å². The zero-order chi connectivity index (χ0) is 8.39. The number of hydrogen-bond donors (Lipinski definition) is 1. The molecular formula is C8H9N3O. The third-order valence-corrected chi connectivity index (χ3v) is 1.81. The molecule has 2 aromatic heterocycles. The van der Waals surface area contributed by atoms with Gasteiger partial charge in [-0.25, -0.2) is 4.98 Å². The third-order valence-electron chi connectivity index (χ3n) is 1.81. The molecule has 62 valence electrons. The van der Waals surface area contributed by atoms with Crippen LogP contribution in [-0.4, -0.2) is 15.2 Å². The van der Waals surface area contributed by atoms with Gasteiger partial charge in [-0.15, -0.1) is 0 Å². The Morgan fingerprint density at radius 1 is 1.50 bits per heavy atom. The van der Waals surface area contributed by atoms with Crippen LogP contribution in [0.1, 0.15) is 24.4 Å².